The second kappa shape index (κ2) is 7.09. The number of aryl methyl sites for hydroxylation is 2. The number of piperidine rings is 1. The lowest BCUT2D eigenvalue weighted by atomic mass is 9.96. The molecule has 0 atom stereocenters. The quantitative estimate of drug-likeness (QED) is 0.819. The van der Waals surface area contributed by atoms with Crippen molar-refractivity contribution in [1.82, 2.24) is 24.2 Å². The Bertz CT molecular complexity index is 806. The zero-order valence-corrected chi connectivity index (χ0v) is 14.2. The van der Waals surface area contributed by atoms with Gasteiger partial charge in [-0.2, -0.15) is 5.10 Å². The van der Waals surface area contributed by atoms with Crippen LogP contribution in [0.4, 0.5) is 0 Å². The molecule has 24 heavy (non-hydrogen) atoms. The van der Waals surface area contributed by atoms with Gasteiger partial charge < -0.3 is 4.57 Å². The molecule has 2 aromatic heterocycles. The highest BCUT2D eigenvalue weighted by Gasteiger charge is 2.21. The summed E-state index contributed by atoms with van der Waals surface area (Å²) in [5.41, 5.74) is 1.38. The Morgan fingerprint density at radius 3 is 2.71 bits per heavy atom. The second-order valence-corrected chi connectivity index (χ2v) is 6.50. The average Bonchev–Trinajstić information content (AvgIpc) is 2.57. The van der Waals surface area contributed by atoms with Crippen LogP contribution in [0, 0.1) is 12.8 Å². The summed E-state index contributed by atoms with van der Waals surface area (Å²) in [4.78, 5) is 30.4. The fourth-order valence-electron chi connectivity index (χ4n) is 3.12. The van der Waals surface area contributed by atoms with Crippen LogP contribution in [0.25, 0.3) is 0 Å². The number of rotatable bonds is 4. The third-order valence-corrected chi connectivity index (χ3v) is 4.60. The molecule has 0 spiro atoms. The van der Waals surface area contributed by atoms with Crippen molar-refractivity contribution >= 4 is 0 Å². The van der Waals surface area contributed by atoms with Gasteiger partial charge in [0.25, 0.3) is 11.1 Å². The predicted octanol–water partition coefficient (Wildman–Crippen LogP) is 0.558. The fourth-order valence-corrected chi connectivity index (χ4v) is 3.12. The molecule has 0 amide bonds. The van der Waals surface area contributed by atoms with Gasteiger partial charge in [0.05, 0.1) is 5.69 Å². The van der Waals surface area contributed by atoms with E-state index in [2.05, 4.69) is 15.0 Å². The van der Waals surface area contributed by atoms with Gasteiger partial charge in [-0.25, -0.2) is 4.68 Å². The second-order valence-electron chi connectivity index (χ2n) is 6.50. The molecule has 128 valence electrons. The Morgan fingerprint density at radius 1 is 1.21 bits per heavy atom. The molecule has 2 aromatic rings. The van der Waals surface area contributed by atoms with Crippen molar-refractivity contribution in [3.63, 3.8) is 0 Å². The van der Waals surface area contributed by atoms with Crippen LogP contribution in [0.3, 0.4) is 0 Å². The SMILES string of the molecule is Cc1ccc(=O)n(CC2CCN(Cc3nccn(C)c3=O)CC2)n1. The lowest BCUT2D eigenvalue weighted by Gasteiger charge is -2.31. The first-order valence-corrected chi connectivity index (χ1v) is 8.30. The molecular weight excluding hydrogens is 306 g/mol. The van der Waals surface area contributed by atoms with Crippen LogP contribution in [-0.4, -0.2) is 37.3 Å². The molecule has 0 N–H and O–H groups in total. The molecule has 3 rings (SSSR count). The summed E-state index contributed by atoms with van der Waals surface area (Å²) in [5.74, 6) is 0.444. The number of hydrogen-bond acceptors (Lipinski definition) is 5. The third-order valence-electron chi connectivity index (χ3n) is 4.60. The number of aromatic nitrogens is 4. The van der Waals surface area contributed by atoms with Gasteiger partial charge in [-0.05, 0) is 44.8 Å². The zero-order valence-electron chi connectivity index (χ0n) is 14.2. The van der Waals surface area contributed by atoms with Crippen molar-refractivity contribution in [3.8, 4) is 0 Å². The van der Waals surface area contributed by atoms with E-state index in [1.165, 1.54) is 0 Å². The minimum atomic E-state index is -0.0417. The topological polar surface area (TPSA) is 73.0 Å². The molecule has 7 nitrogen and oxygen atoms in total. The minimum Gasteiger partial charge on any atom is -0.315 e. The Hall–Kier alpha value is -2.28. The smallest absolute Gasteiger partial charge is 0.273 e. The van der Waals surface area contributed by atoms with Crippen molar-refractivity contribution in [2.24, 2.45) is 13.0 Å². The molecule has 3 heterocycles. The maximum absolute atomic E-state index is 12.0. The summed E-state index contributed by atoms with van der Waals surface area (Å²) in [6.45, 7) is 4.96. The predicted molar refractivity (Wildman–Crippen MR) is 90.7 cm³/mol. The molecule has 0 aliphatic carbocycles. The molecule has 1 aliphatic rings. The van der Waals surface area contributed by atoms with Gasteiger partial charge >= 0.3 is 0 Å². The van der Waals surface area contributed by atoms with Gasteiger partial charge in [-0.1, -0.05) is 0 Å². The molecule has 7 heteroatoms. The van der Waals surface area contributed by atoms with E-state index in [0.29, 0.717) is 24.7 Å². The van der Waals surface area contributed by atoms with E-state index in [1.807, 2.05) is 6.92 Å². The van der Waals surface area contributed by atoms with Crippen LogP contribution < -0.4 is 11.1 Å². The van der Waals surface area contributed by atoms with E-state index < -0.39 is 0 Å². The monoisotopic (exact) mass is 329 g/mol. The van der Waals surface area contributed by atoms with E-state index in [1.54, 1.807) is 40.8 Å². The molecule has 0 radical (unpaired) electrons. The lowest BCUT2D eigenvalue weighted by Crippen LogP contribution is -2.38. The highest BCUT2D eigenvalue weighted by Crippen LogP contribution is 2.19. The van der Waals surface area contributed by atoms with E-state index in [4.69, 9.17) is 0 Å². The maximum atomic E-state index is 12.0. The highest BCUT2D eigenvalue weighted by molar-refractivity contribution is 4.98. The van der Waals surface area contributed by atoms with Gasteiger partial charge in [-0.15, -0.1) is 0 Å². The van der Waals surface area contributed by atoms with E-state index in [9.17, 15) is 9.59 Å². The van der Waals surface area contributed by atoms with Crippen LogP contribution in [0.2, 0.25) is 0 Å². The molecule has 1 aliphatic heterocycles. The van der Waals surface area contributed by atoms with Crippen LogP contribution in [0.1, 0.15) is 24.2 Å². The third kappa shape index (κ3) is 3.79. The molecule has 1 saturated heterocycles. The summed E-state index contributed by atoms with van der Waals surface area (Å²) in [6, 6.07) is 3.32. The van der Waals surface area contributed by atoms with Gasteiger partial charge in [-0.3, -0.25) is 19.5 Å². The van der Waals surface area contributed by atoms with Gasteiger partial charge in [0, 0.05) is 38.6 Å². The Kier molecular flexibility index (Phi) is 4.89. The Morgan fingerprint density at radius 2 is 1.96 bits per heavy atom. The van der Waals surface area contributed by atoms with Crippen LogP contribution in [0.15, 0.2) is 34.1 Å². The van der Waals surface area contributed by atoms with E-state index in [0.717, 1.165) is 31.6 Å². The standard InChI is InChI=1S/C17H23N5O2/c1-13-3-4-16(23)22(19-13)11-14-5-8-21(9-6-14)12-15-17(24)20(2)10-7-18-15/h3-4,7,10,14H,5-6,8-9,11-12H2,1-2H3. The molecule has 0 bridgehead atoms. The lowest BCUT2D eigenvalue weighted by molar-refractivity contribution is 0.161. The van der Waals surface area contributed by atoms with Crippen LogP contribution in [-0.2, 0) is 20.1 Å². The summed E-state index contributed by atoms with van der Waals surface area (Å²) in [5, 5.41) is 4.31. The van der Waals surface area contributed by atoms with E-state index >= 15 is 0 Å². The summed E-state index contributed by atoms with van der Waals surface area (Å²) in [7, 11) is 1.74. The largest absolute Gasteiger partial charge is 0.315 e. The molecule has 1 fully saturated rings. The van der Waals surface area contributed by atoms with Crippen molar-refractivity contribution in [1.29, 1.82) is 0 Å². The van der Waals surface area contributed by atoms with E-state index in [-0.39, 0.29) is 11.1 Å². The molecular formula is C17H23N5O2. The normalized spacial score (nSPS) is 16.4. The Balaban J connectivity index is 1.58. The summed E-state index contributed by atoms with van der Waals surface area (Å²) in [6.07, 6.45) is 5.33. The highest BCUT2D eigenvalue weighted by atomic mass is 16.1. The minimum absolute atomic E-state index is 0.0323. The number of likely N-dealkylation sites (tertiary alicyclic amines) is 1. The van der Waals surface area contributed by atoms with Crippen molar-refractivity contribution < 1.29 is 0 Å². The van der Waals surface area contributed by atoms with Crippen molar-refractivity contribution in [2.45, 2.75) is 32.9 Å². The van der Waals surface area contributed by atoms with Gasteiger partial charge in [0.2, 0.25) is 0 Å². The first kappa shape index (κ1) is 16.6. The van der Waals surface area contributed by atoms with Crippen LogP contribution in [0.5, 0.6) is 0 Å². The molecule has 0 unspecified atom stereocenters. The number of nitrogens with zero attached hydrogens (tertiary/aromatic N) is 5. The fraction of sp³-hybridized carbons (Fsp3) is 0.529. The maximum Gasteiger partial charge on any atom is 0.273 e. The van der Waals surface area contributed by atoms with Crippen molar-refractivity contribution in [3.05, 3.63) is 56.6 Å². The zero-order chi connectivity index (χ0) is 17.1. The summed E-state index contributed by atoms with van der Waals surface area (Å²) >= 11 is 0. The first-order chi connectivity index (χ1) is 11.5. The molecule has 0 aromatic carbocycles. The summed E-state index contributed by atoms with van der Waals surface area (Å²) < 4.78 is 3.13. The van der Waals surface area contributed by atoms with Gasteiger partial charge in [0.1, 0.15) is 5.69 Å². The van der Waals surface area contributed by atoms with Crippen molar-refractivity contribution in [2.75, 3.05) is 13.1 Å². The molecule has 0 saturated carbocycles. The Labute approximate surface area is 140 Å². The average molecular weight is 329 g/mol. The number of hydrogen-bond donors (Lipinski definition) is 0. The van der Waals surface area contributed by atoms with Gasteiger partial charge in [0.15, 0.2) is 0 Å². The van der Waals surface area contributed by atoms with Crippen LogP contribution >= 0.6 is 0 Å². The first-order valence-electron chi connectivity index (χ1n) is 8.30.